The van der Waals surface area contributed by atoms with E-state index in [4.69, 9.17) is 30.5 Å². The van der Waals surface area contributed by atoms with Crippen molar-refractivity contribution in [2.75, 3.05) is 65.6 Å². The molecule has 57 heavy (non-hydrogen) atoms. The predicted octanol–water partition coefficient (Wildman–Crippen LogP) is 6.68. The van der Waals surface area contributed by atoms with Crippen molar-refractivity contribution in [2.45, 2.75) is 71.8 Å². The van der Waals surface area contributed by atoms with Crippen LogP contribution >= 0.6 is 11.6 Å². The third-order valence-electron chi connectivity index (χ3n) is 10.0. The smallest absolute Gasteiger partial charge is 0.408 e. The second-order valence-corrected chi connectivity index (χ2v) is 15.8. The Hall–Kier alpha value is -4.59. The topological polar surface area (TPSA) is 122 Å². The van der Waals surface area contributed by atoms with Crippen molar-refractivity contribution in [3.8, 4) is 11.5 Å². The van der Waals surface area contributed by atoms with Gasteiger partial charge in [-0.05, 0) is 107 Å². The summed E-state index contributed by atoms with van der Waals surface area (Å²) in [5.41, 5.74) is 1.74. The van der Waals surface area contributed by atoms with E-state index in [0.717, 1.165) is 30.8 Å². The number of carbonyl (C=O) groups excluding carboxylic acids is 3. The lowest BCUT2D eigenvalue weighted by molar-refractivity contribution is -0.137. The second kappa shape index (κ2) is 21.2. The average molecular weight is 810 g/mol. The van der Waals surface area contributed by atoms with E-state index in [0.29, 0.717) is 80.7 Å². The molecule has 5 rings (SSSR count). The van der Waals surface area contributed by atoms with E-state index in [1.807, 2.05) is 70.2 Å². The number of nitrogens with one attached hydrogen (secondary N) is 2. The van der Waals surface area contributed by atoms with Gasteiger partial charge in [-0.25, -0.2) is 14.0 Å². The number of hydrogen-bond donors (Lipinski definition) is 2. The minimum Gasteiger partial charge on any atom is -0.493 e. The summed E-state index contributed by atoms with van der Waals surface area (Å²) < 4.78 is 37.4. The maximum Gasteiger partial charge on any atom is 0.408 e. The number of nitrogens with zero attached hydrogens (tertiary/aromatic N) is 3. The molecule has 0 radical (unpaired) electrons. The van der Waals surface area contributed by atoms with Crippen molar-refractivity contribution in [1.29, 1.82) is 0 Å². The highest BCUT2D eigenvalue weighted by Crippen LogP contribution is 2.28. The minimum absolute atomic E-state index is 0.0919. The molecule has 12 nitrogen and oxygen atoms in total. The molecular weight excluding hydrogens is 753 g/mol. The summed E-state index contributed by atoms with van der Waals surface area (Å²) in [7, 11) is 0. The Morgan fingerprint density at radius 3 is 2.32 bits per heavy atom. The number of hydrogen-bond acceptors (Lipinski definition) is 9. The molecule has 2 N–H and O–H groups in total. The van der Waals surface area contributed by atoms with Crippen molar-refractivity contribution in [3.63, 3.8) is 0 Å². The number of piperidine rings is 1. The van der Waals surface area contributed by atoms with Gasteiger partial charge < -0.3 is 39.4 Å². The van der Waals surface area contributed by atoms with Crippen LogP contribution < -0.4 is 20.1 Å². The lowest BCUT2D eigenvalue weighted by Gasteiger charge is -2.40. The fraction of sp³-hybridized carbons (Fsp3) is 0.512. The zero-order valence-electron chi connectivity index (χ0n) is 33.6. The Bertz CT molecular complexity index is 1760. The van der Waals surface area contributed by atoms with Crippen LogP contribution in [0.3, 0.4) is 0 Å². The first-order valence-electron chi connectivity index (χ1n) is 19.9. The Labute approximate surface area is 340 Å². The maximum atomic E-state index is 14.8. The van der Waals surface area contributed by atoms with Gasteiger partial charge in [0.2, 0.25) is 5.91 Å². The Morgan fingerprint density at radius 2 is 1.61 bits per heavy atom. The molecule has 0 bridgehead atoms. The molecule has 3 aromatic rings. The summed E-state index contributed by atoms with van der Waals surface area (Å²) in [6, 6.07) is 19.1. The van der Waals surface area contributed by atoms with Crippen molar-refractivity contribution in [1.82, 2.24) is 25.3 Å². The maximum absolute atomic E-state index is 14.8. The molecule has 310 valence electrons. The van der Waals surface area contributed by atoms with Gasteiger partial charge in [-0.2, -0.15) is 0 Å². The van der Waals surface area contributed by atoms with Crippen LogP contribution in [-0.2, 0) is 33.8 Å². The summed E-state index contributed by atoms with van der Waals surface area (Å²) >= 11 is 6.37. The minimum atomic E-state index is -0.750. The van der Waals surface area contributed by atoms with Gasteiger partial charge in [-0.15, -0.1) is 0 Å². The number of ether oxygens (including phenoxy) is 4. The third kappa shape index (κ3) is 13.8. The van der Waals surface area contributed by atoms with Crippen LogP contribution in [0.25, 0.3) is 0 Å². The third-order valence-corrected chi connectivity index (χ3v) is 10.3. The SMILES string of the molecule is CCOc1cccc(F)c1CN1CCN(C(=O)[C@H](NC(=O)OCc2ccccc2)C2CCN(CCc3cc(Cl)ccc3OCCNC(=O)OC(C)(C)C)CC2)CC1. The van der Waals surface area contributed by atoms with E-state index in [1.54, 1.807) is 23.1 Å². The van der Waals surface area contributed by atoms with Crippen molar-refractivity contribution < 1.29 is 37.7 Å². The van der Waals surface area contributed by atoms with Gasteiger partial charge in [0, 0.05) is 49.9 Å². The van der Waals surface area contributed by atoms with Crippen LogP contribution in [0.4, 0.5) is 14.0 Å². The number of likely N-dealkylation sites (tertiary alicyclic amines) is 1. The monoisotopic (exact) mass is 809 g/mol. The number of rotatable bonds is 16. The lowest BCUT2D eigenvalue weighted by atomic mass is 9.88. The fourth-order valence-corrected chi connectivity index (χ4v) is 7.30. The molecule has 1 atom stereocenters. The van der Waals surface area contributed by atoms with Gasteiger partial charge >= 0.3 is 12.2 Å². The summed E-state index contributed by atoms with van der Waals surface area (Å²) in [6.45, 7) is 13.0. The summed E-state index contributed by atoms with van der Waals surface area (Å²) in [5, 5.41) is 6.27. The Kier molecular flexibility index (Phi) is 16.2. The van der Waals surface area contributed by atoms with Crippen LogP contribution in [0.15, 0.2) is 66.7 Å². The van der Waals surface area contributed by atoms with Crippen LogP contribution in [0.1, 0.15) is 57.2 Å². The van der Waals surface area contributed by atoms with E-state index < -0.39 is 23.8 Å². The van der Waals surface area contributed by atoms with Gasteiger partial charge in [-0.3, -0.25) is 9.69 Å². The number of amides is 3. The summed E-state index contributed by atoms with van der Waals surface area (Å²) in [4.78, 5) is 45.7. The van der Waals surface area contributed by atoms with E-state index >= 15 is 0 Å². The largest absolute Gasteiger partial charge is 0.493 e. The summed E-state index contributed by atoms with van der Waals surface area (Å²) in [6.07, 6.45) is 0.979. The number of alkyl carbamates (subject to hydrolysis) is 2. The number of piperazine rings is 1. The highest BCUT2D eigenvalue weighted by Gasteiger charge is 2.37. The second-order valence-electron chi connectivity index (χ2n) is 15.4. The van der Waals surface area contributed by atoms with Crippen LogP contribution in [-0.4, -0.2) is 110 Å². The highest BCUT2D eigenvalue weighted by molar-refractivity contribution is 6.30. The van der Waals surface area contributed by atoms with Crippen molar-refractivity contribution in [3.05, 3.63) is 94.3 Å². The van der Waals surface area contributed by atoms with Crippen molar-refractivity contribution >= 4 is 29.7 Å². The zero-order valence-corrected chi connectivity index (χ0v) is 34.3. The molecule has 2 saturated heterocycles. The van der Waals surface area contributed by atoms with Crippen LogP contribution in [0, 0.1) is 11.7 Å². The van der Waals surface area contributed by atoms with Gasteiger partial charge in [0.05, 0.1) is 13.2 Å². The molecule has 3 aromatic carbocycles. The molecule has 2 aliphatic rings. The van der Waals surface area contributed by atoms with Crippen LogP contribution in [0.5, 0.6) is 11.5 Å². The molecule has 0 aromatic heterocycles. The highest BCUT2D eigenvalue weighted by atomic mass is 35.5. The van der Waals surface area contributed by atoms with Crippen LogP contribution in [0.2, 0.25) is 5.02 Å². The first kappa shape index (κ1) is 43.5. The normalized spacial score (nSPS) is 16.1. The van der Waals surface area contributed by atoms with Crippen molar-refractivity contribution in [2.24, 2.45) is 5.92 Å². The van der Waals surface area contributed by atoms with E-state index in [9.17, 15) is 18.8 Å². The molecule has 14 heteroatoms. The average Bonchev–Trinajstić information content (AvgIpc) is 3.19. The van der Waals surface area contributed by atoms with Gasteiger partial charge in [-0.1, -0.05) is 48.0 Å². The first-order valence-corrected chi connectivity index (χ1v) is 20.2. The predicted molar refractivity (Wildman–Crippen MR) is 217 cm³/mol. The van der Waals surface area contributed by atoms with Gasteiger partial charge in [0.1, 0.15) is 42.2 Å². The lowest BCUT2D eigenvalue weighted by Crippen LogP contribution is -2.58. The van der Waals surface area contributed by atoms with Gasteiger partial charge in [0.15, 0.2) is 0 Å². The van der Waals surface area contributed by atoms with E-state index in [1.165, 1.54) is 6.07 Å². The fourth-order valence-electron chi connectivity index (χ4n) is 7.10. The Morgan fingerprint density at radius 1 is 0.877 bits per heavy atom. The summed E-state index contributed by atoms with van der Waals surface area (Å²) in [5.74, 6) is 0.702. The Balaban J connectivity index is 1.16. The quantitative estimate of drug-likeness (QED) is 0.153. The van der Waals surface area contributed by atoms with Gasteiger partial charge in [0.25, 0.3) is 0 Å². The molecule has 2 heterocycles. The number of halogens is 2. The molecular formula is C43H57ClFN5O7. The molecule has 0 spiro atoms. The number of benzene rings is 3. The first-order chi connectivity index (χ1) is 27.4. The molecule has 2 fully saturated rings. The van der Waals surface area contributed by atoms with E-state index in [2.05, 4.69) is 20.4 Å². The van der Waals surface area contributed by atoms with E-state index in [-0.39, 0.29) is 37.4 Å². The molecule has 0 saturated carbocycles. The standard InChI is InChI=1S/C43H57ClFN5O7/c1-5-54-38-13-9-12-36(45)35(38)29-49-23-25-50(26-24-49)40(51)39(47-42(53)56-30-31-10-7-6-8-11-31)32-16-20-48(21-17-32)22-18-33-28-34(44)14-15-37(33)55-27-19-46-41(52)57-43(2,3)4/h6-15,28,32,39H,5,16-27,29-30H2,1-4H3,(H,46,52)(H,47,53)/t39-/m1/s1. The molecule has 2 aliphatic heterocycles. The molecule has 0 unspecified atom stereocenters. The molecule has 3 amide bonds. The number of carbonyl (C=O) groups is 3. The molecule has 0 aliphatic carbocycles. The zero-order chi connectivity index (χ0) is 40.8.